The molecule has 1 aliphatic rings. The molecule has 26 heavy (non-hydrogen) atoms. The molecule has 0 fully saturated rings. The van der Waals surface area contributed by atoms with Crippen molar-refractivity contribution in [1.29, 1.82) is 0 Å². The SMILES string of the molecule is CN(C)c1nccc(CNc2nccc(N3Cc4ccccc4C3)n2)n1. The van der Waals surface area contributed by atoms with E-state index in [2.05, 4.69) is 54.4 Å². The number of nitrogens with one attached hydrogen (secondary N) is 1. The van der Waals surface area contributed by atoms with E-state index in [0.29, 0.717) is 18.4 Å². The molecule has 0 saturated carbocycles. The van der Waals surface area contributed by atoms with Crippen LogP contribution in [0.25, 0.3) is 0 Å². The maximum atomic E-state index is 4.66. The zero-order valence-electron chi connectivity index (χ0n) is 14.9. The molecule has 1 aromatic carbocycles. The van der Waals surface area contributed by atoms with Crippen LogP contribution in [0, 0.1) is 0 Å². The lowest BCUT2D eigenvalue weighted by molar-refractivity contribution is 0.849. The van der Waals surface area contributed by atoms with Crippen molar-refractivity contribution in [3.8, 4) is 0 Å². The van der Waals surface area contributed by atoms with Crippen molar-refractivity contribution in [2.45, 2.75) is 19.6 Å². The van der Waals surface area contributed by atoms with E-state index < -0.39 is 0 Å². The number of hydrogen-bond donors (Lipinski definition) is 1. The minimum Gasteiger partial charge on any atom is -0.349 e. The Labute approximate surface area is 152 Å². The van der Waals surface area contributed by atoms with Gasteiger partial charge in [0.25, 0.3) is 0 Å². The molecule has 0 unspecified atom stereocenters. The quantitative estimate of drug-likeness (QED) is 0.760. The van der Waals surface area contributed by atoms with Crippen LogP contribution >= 0.6 is 0 Å². The molecule has 0 aliphatic carbocycles. The van der Waals surface area contributed by atoms with Gasteiger partial charge in [0.05, 0.1) is 12.2 Å². The average molecular weight is 347 g/mol. The fourth-order valence-electron chi connectivity index (χ4n) is 2.97. The summed E-state index contributed by atoms with van der Waals surface area (Å²) in [4.78, 5) is 21.9. The molecule has 3 heterocycles. The molecular weight excluding hydrogens is 326 g/mol. The van der Waals surface area contributed by atoms with Crippen molar-refractivity contribution in [2.75, 3.05) is 29.2 Å². The minimum absolute atomic E-state index is 0.549. The third kappa shape index (κ3) is 3.42. The molecule has 7 heteroatoms. The first-order valence-electron chi connectivity index (χ1n) is 8.57. The molecule has 0 atom stereocenters. The smallest absolute Gasteiger partial charge is 0.225 e. The molecule has 0 spiro atoms. The summed E-state index contributed by atoms with van der Waals surface area (Å²) in [6.07, 6.45) is 3.55. The van der Waals surface area contributed by atoms with Crippen LogP contribution in [0.5, 0.6) is 0 Å². The van der Waals surface area contributed by atoms with Gasteiger partial charge < -0.3 is 15.1 Å². The van der Waals surface area contributed by atoms with E-state index >= 15 is 0 Å². The third-order valence-corrected chi connectivity index (χ3v) is 4.33. The molecule has 0 saturated heterocycles. The van der Waals surface area contributed by atoms with Gasteiger partial charge in [0.1, 0.15) is 5.82 Å². The second-order valence-electron chi connectivity index (χ2n) is 6.46. The molecule has 132 valence electrons. The molecular formula is C19H21N7. The lowest BCUT2D eigenvalue weighted by atomic mass is 10.1. The first kappa shape index (κ1) is 16.3. The van der Waals surface area contributed by atoms with Gasteiger partial charge in [-0.05, 0) is 23.3 Å². The second-order valence-corrected chi connectivity index (χ2v) is 6.46. The van der Waals surface area contributed by atoms with Gasteiger partial charge in [-0.2, -0.15) is 4.98 Å². The van der Waals surface area contributed by atoms with E-state index in [1.807, 2.05) is 31.1 Å². The van der Waals surface area contributed by atoms with Crippen molar-refractivity contribution in [3.05, 3.63) is 65.6 Å². The number of hydrogen-bond acceptors (Lipinski definition) is 7. The Morgan fingerprint density at radius 2 is 1.69 bits per heavy atom. The van der Waals surface area contributed by atoms with E-state index in [9.17, 15) is 0 Å². The van der Waals surface area contributed by atoms with Crippen LogP contribution in [0.2, 0.25) is 0 Å². The molecule has 0 radical (unpaired) electrons. The third-order valence-electron chi connectivity index (χ3n) is 4.33. The number of anilines is 3. The molecule has 2 aromatic heterocycles. The fourth-order valence-corrected chi connectivity index (χ4v) is 2.97. The van der Waals surface area contributed by atoms with E-state index in [-0.39, 0.29) is 0 Å². The topological polar surface area (TPSA) is 70.1 Å². The van der Waals surface area contributed by atoms with Crippen LogP contribution in [-0.4, -0.2) is 34.0 Å². The Kier molecular flexibility index (Phi) is 4.35. The molecule has 1 aliphatic heterocycles. The minimum atomic E-state index is 0.549. The van der Waals surface area contributed by atoms with E-state index in [4.69, 9.17) is 0 Å². The van der Waals surface area contributed by atoms with Crippen LogP contribution in [0.4, 0.5) is 17.7 Å². The highest BCUT2D eigenvalue weighted by Crippen LogP contribution is 2.26. The number of rotatable bonds is 5. The van der Waals surface area contributed by atoms with Gasteiger partial charge in [-0.3, -0.25) is 0 Å². The normalized spacial score (nSPS) is 12.8. The van der Waals surface area contributed by atoms with Crippen molar-refractivity contribution < 1.29 is 0 Å². The van der Waals surface area contributed by atoms with Crippen LogP contribution < -0.4 is 15.1 Å². The Bertz CT molecular complexity index is 885. The van der Waals surface area contributed by atoms with Gasteiger partial charge in [0.15, 0.2) is 0 Å². The first-order chi connectivity index (χ1) is 12.7. The van der Waals surface area contributed by atoms with Gasteiger partial charge in [-0.25, -0.2) is 15.0 Å². The summed E-state index contributed by atoms with van der Waals surface area (Å²) in [6.45, 7) is 2.31. The highest BCUT2D eigenvalue weighted by molar-refractivity contribution is 5.48. The summed E-state index contributed by atoms with van der Waals surface area (Å²) in [5, 5.41) is 3.25. The monoisotopic (exact) mass is 347 g/mol. The second kappa shape index (κ2) is 6.95. The van der Waals surface area contributed by atoms with E-state index in [1.165, 1.54) is 11.1 Å². The van der Waals surface area contributed by atoms with Crippen molar-refractivity contribution >= 4 is 17.7 Å². The first-order valence-corrected chi connectivity index (χ1v) is 8.57. The maximum absolute atomic E-state index is 4.66. The molecule has 0 bridgehead atoms. The highest BCUT2D eigenvalue weighted by atomic mass is 15.2. The number of nitrogens with zero attached hydrogens (tertiary/aromatic N) is 6. The summed E-state index contributed by atoms with van der Waals surface area (Å²) in [6, 6.07) is 12.4. The predicted molar refractivity (Wildman–Crippen MR) is 102 cm³/mol. The van der Waals surface area contributed by atoms with Gasteiger partial charge in [0.2, 0.25) is 11.9 Å². The molecule has 7 nitrogen and oxygen atoms in total. The standard InChI is InChI=1S/C19H21N7/c1-25(2)19-21-9-7-16(23-19)11-22-18-20-10-8-17(24-18)26-12-14-5-3-4-6-15(14)13-26/h3-10H,11-13H2,1-2H3,(H,20,22,24). The highest BCUT2D eigenvalue weighted by Gasteiger charge is 2.19. The van der Waals surface area contributed by atoms with Gasteiger partial charge in [0, 0.05) is 39.6 Å². The molecule has 1 N–H and O–H groups in total. The number of aromatic nitrogens is 4. The predicted octanol–water partition coefficient (Wildman–Crippen LogP) is 2.46. The molecule has 3 aromatic rings. The van der Waals surface area contributed by atoms with Gasteiger partial charge in [-0.15, -0.1) is 0 Å². The molecule has 4 rings (SSSR count). The van der Waals surface area contributed by atoms with Crippen molar-refractivity contribution in [3.63, 3.8) is 0 Å². The lowest BCUT2D eigenvalue weighted by Gasteiger charge is -2.17. The zero-order valence-corrected chi connectivity index (χ0v) is 14.9. The van der Waals surface area contributed by atoms with Crippen LogP contribution in [0.1, 0.15) is 16.8 Å². The fraction of sp³-hybridized carbons (Fsp3) is 0.263. The van der Waals surface area contributed by atoms with Gasteiger partial charge in [-0.1, -0.05) is 24.3 Å². The largest absolute Gasteiger partial charge is 0.349 e. The summed E-state index contributed by atoms with van der Waals surface area (Å²) in [7, 11) is 3.85. The van der Waals surface area contributed by atoms with Crippen LogP contribution in [0.15, 0.2) is 48.8 Å². The summed E-state index contributed by atoms with van der Waals surface area (Å²) < 4.78 is 0. The Morgan fingerprint density at radius 1 is 0.962 bits per heavy atom. The van der Waals surface area contributed by atoms with E-state index in [1.54, 1.807) is 12.4 Å². The van der Waals surface area contributed by atoms with Crippen molar-refractivity contribution in [1.82, 2.24) is 19.9 Å². The lowest BCUT2D eigenvalue weighted by Crippen LogP contribution is -2.17. The summed E-state index contributed by atoms with van der Waals surface area (Å²) >= 11 is 0. The zero-order chi connectivity index (χ0) is 17.9. The molecule has 0 amide bonds. The van der Waals surface area contributed by atoms with Gasteiger partial charge >= 0.3 is 0 Å². The summed E-state index contributed by atoms with van der Waals surface area (Å²) in [5.41, 5.74) is 3.61. The van der Waals surface area contributed by atoms with E-state index in [0.717, 1.165) is 24.6 Å². The average Bonchev–Trinajstić information content (AvgIpc) is 3.11. The number of fused-ring (bicyclic) bond motifs is 1. The Balaban J connectivity index is 1.45. The Hall–Kier alpha value is -3.22. The number of benzene rings is 1. The van der Waals surface area contributed by atoms with Crippen LogP contribution in [-0.2, 0) is 19.6 Å². The summed E-state index contributed by atoms with van der Waals surface area (Å²) in [5.74, 6) is 2.22. The van der Waals surface area contributed by atoms with Crippen molar-refractivity contribution in [2.24, 2.45) is 0 Å². The maximum Gasteiger partial charge on any atom is 0.225 e. The Morgan fingerprint density at radius 3 is 2.42 bits per heavy atom. The van der Waals surface area contributed by atoms with Crippen LogP contribution in [0.3, 0.4) is 0 Å².